The van der Waals surface area contributed by atoms with Gasteiger partial charge in [0.15, 0.2) is 11.9 Å². The van der Waals surface area contributed by atoms with Gasteiger partial charge in [-0.05, 0) is 36.6 Å². The first kappa shape index (κ1) is 19.5. The largest absolute Gasteiger partial charge is 0.418 e. The highest BCUT2D eigenvalue weighted by Gasteiger charge is 2.39. The maximum atomic E-state index is 12.7. The van der Waals surface area contributed by atoms with Crippen molar-refractivity contribution in [1.29, 1.82) is 0 Å². The lowest BCUT2D eigenvalue weighted by Gasteiger charge is -2.22. The molecule has 0 amide bonds. The van der Waals surface area contributed by atoms with Gasteiger partial charge in [0.25, 0.3) is 5.56 Å². The van der Waals surface area contributed by atoms with Gasteiger partial charge in [-0.25, -0.2) is 0 Å². The second-order valence-electron chi connectivity index (χ2n) is 7.34. The molecule has 0 radical (unpaired) electrons. The molecule has 1 fully saturated rings. The molecule has 1 aliphatic carbocycles. The van der Waals surface area contributed by atoms with E-state index >= 15 is 0 Å². The van der Waals surface area contributed by atoms with Crippen LogP contribution in [-0.2, 0) is 0 Å². The van der Waals surface area contributed by atoms with Crippen LogP contribution in [0.2, 0.25) is 0 Å². The average molecular weight is 406 g/mol. The Bertz CT molecular complexity index is 1050. The number of aliphatic hydroxyl groups is 1. The minimum atomic E-state index is -4.72. The van der Waals surface area contributed by atoms with Gasteiger partial charge in [0.05, 0.1) is 11.6 Å². The van der Waals surface area contributed by atoms with Gasteiger partial charge in [0.2, 0.25) is 0 Å². The van der Waals surface area contributed by atoms with Crippen molar-refractivity contribution in [3.8, 4) is 0 Å². The van der Waals surface area contributed by atoms with Crippen LogP contribution in [0.1, 0.15) is 49.8 Å². The third kappa shape index (κ3) is 3.87. The Morgan fingerprint density at radius 1 is 1.14 bits per heavy atom. The maximum absolute atomic E-state index is 12.7. The van der Waals surface area contributed by atoms with Crippen molar-refractivity contribution in [2.24, 2.45) is 0 Å². The standard InChI is InChI=1S/C20H21F3N4O2/c21-20(22,23)17(28)12-6-8-13(9-7-12)25-18-16-15(10-11-24-19(16)29)27(26-18)14-4-2-1-3-5-14/h6-11,14,17,28H,1-5H2,(H,24,29)(H,25,26)/t17-/m1/s1. The molecule has 1 saturated carbocycles. The molecule has 0 unspecified atom stereocenters. The van der Waals surface area contributed by atoms with Crippen LogP contribution in [0.25, 0.3) is 10.9 Å². The van der Waals surface area contributed by atoms with E-state index < -0.39 is 12.3 Å². The number of benzene rings is 1. The topological polar surface area (TPSA) is 82.9 Å². The number of halogens is 3. The van der Waals surface area contributed by atoms with Crippen molar-refractivity contribution in [3.63, 3.8) is 0 Å². The summed E-state index contributed by atoms with van der Waals surface area (Å²) in [5.41, 5.74) is 0.670. The van der Waals surface area contributed by atoms with E-state index in [2.05, 4.69) is 15.4 Å². The molecule has 2 heterocycles. The average Bonchev–Trinajstić information content (AvgIpc) is 3.08. The second kappa shape index (κ2) is 7.55. The van der Waals surface area contributed by atoms with Gasteiger partial charge in [-0.3, -0.25) is 9.48 Å². The molecule has 2 aromatic heterocycles. The second-order valence-corrected chi connectivity index (χ2v) is 7.34. The number of aromatic amines is 1. The van der Waals surface area contributed by atoms with Crippen molar-refractivity contribution in [3.05, 3.63) is 52.4 Å². The first-order chi connectivity index (χ1) is 13.8. The van der Waals surface area contributed by atoms with E-state index in [1.54, 1.807) is 6.20 Å². The molecule has 0 aliphatic heterocycles. The van der Waals surface area contributed by atoms with Crippen molar-refractivity contribution in [2.45, 2.75) is 50.4 Å². The molecular formula is C20H21F3N4O2. The highest BCUT2D eigenvalue weighted by atomic mass is 19.4. The fourth-order valence-corrected chi connectivity index (χ4v) is 3.87. The predicted molar refractivity (Wildman–Crippen MR) is 103 cm³/mol. The normalized spacial score (nSPS) is 16.8. The van der Waals surface area contributed by atoms with Gasteiger partial charge < -0.3 is 15.4 Å². The summed E-state index contributed by atoms with van der Waals surface area (Å²) in [5, 5.41) is 17.4. The van der Waals surface area contributed by atoms with Gasteiger partial charge in [0.1, 0.15) is 5.39 Å². The van der Waals surface area contributed by atoms with E-state index in [1.165, 1.54) is 30.7 Å². The Hall–Kier alpha value is -2.81. The van der Waals surface area contributed by atoms with Gasteiger partial charge in [0, 0.05) is 11.9 Å². The molecule has 0 bridgehead atoms. The number of fused-ring (bicyclic) bond motifs is 1. The van der Waals surface area contributed by atoms with Crippen molar-refractivity contribution in [2.75, 3.05) is 5.32 Å². The molecule has 1 atom stereocenters. The van der Waals surface area contributed by atoms with Crippen LogP contribution >= 0.6 is 0 Å². The number of aliphatic hydroxyl groups excluding tert-OH is 1. The number of nitrogens with one attached hydrogen (secondary N) is 2. The summed E-state index contributed by atoms with van der Waals surface area (Å²) < 4.78 is 39.9. The van der Waals surface area contributed by atoms with E-state index in [9.17, 15) is 23.1 Å². The monoisotopic (exact) mass is 406 g/mol. The summed E-state index contributed by atoms with van der Waals surface area (Å²) in [6, 6.07) is 7.27. The Labute approximate surface area is 164 Å². The fraction of sp³-hybridized carbons (Fsp3) is 0.400. The zero-order valence-corrected chi connectivity index (χ0v) is 15.5. The molecular weight excluding hydrogens is 385 g/mol. The number of alkyl halides is 3. The minimum Gasteiger partial charge on any atom is -0.379 e. The number of hydrogen-bond acceptors (Lipinski definition) is 4. The van der Waals surface area contributed by atoms with Crippen LogP contribution in [0.4, 0.5) is 24.7 Å². The quantitative estimate of drug-likeness (QED) is 0.593. The molecule has 1 aromatic carbocycles. The summed E-state index contributed by atoms with van der Waals surface area (Å²) >= 11 is 0. The number of hydrogen-bond donors (Lipinski definition) is 3. The lowest BCUT2D eigenvalue weighted by molar-refractivity contribution is -0.206. The maximum Gasteiger partial charge on any atom is 0.418 e. The van der Waals surface area contributed by atoms with E-state index in [0.29, 0.717) is 16.9 Å². The molecule has 9 heteroatoms. The predicted octanol–water partition coefficient (Wildman–Crippen LogP) is 4.57. The van der Waals surface area contributed by atoms with Crippen LogP contribution in [0.15, 0.2) is 41.3 Å². The molecule has 29 heavy (non-hydrogen) atoms. The van der Waals surface area contributed by atoms with E-state index in [-0.39, 0.29) is 17.2 Å². The van der Waals surface area contributed by atoms with Crippen molar-refractivity contribution >= 4 is 22.4 Å². The third-order valence-corrected chi connectivity index (χ3v) is 5.35. The number of pyridine rings is 1. The van der Waals surface area contributed by atoms with Crippen LogP contribution in [-0.4, -0.2) is 26.0 Å². The molecule has 1 aliphatic rings. The molecule has 3 N–H and O–H groups in total. The van der Waals surface area contributed by atoms with E-state index in [0.717, 1.165) is 31.2 Å². The summed E-state index contributed by atoms with van der Waals surface area (Å²) in [6.07, 6.45) is -0.273. The number of nitrogens with zero attached hydrogens (tertiary/aromatic N) is 2. The smallest absolute Gasteiger partial charge is 0.379 e. The first-order valence-corrected chi connectivity index (χ1v) is 9.56. The number of aromatic nitrogens is 3. The highest BCUT2D eigenvalue weighted by molar-refractivity contribution is 5.91. The Morgan fingerprint density at radius 2 is 1.83 bits per heavy atom. The van der Waals surface area contributed by atoms with Crippen LogP contribution in [0.3, 0.4) is 0 Å². The van der Waals surface area contributed by atoms with Crippen molar-refractivity contribution in [1.82, 2.24) is 14.8 Å². The Kier molecular flexibility index (Phi) is 5.08. The summed E-state index contributed by atoms with van der Waals surface area (Å²) in [5.74, 6) is 0.358. The first-order valence-electron chi connectivity index (χ1n) is 9.56. The summed E-state index contributed by atoms with van der Waals surface area (Å²) in [6.45, 7) is 0. The lowest BCUT2D eigenvalue weighted by atomic mass is 9.95. The zero-order chi connectivity index (χ0) is 20.6. The van der Waals surface area contributed by atoms with Crippen LogP contribution in [0.5, 0.6) is 0 Å². The molecule has 0 spiro atoms. The van der Waals surface area contributed by atoms with Gasteiger partial charge in [-0.1, -0.05) is 31.4 Å². The van der Waals surface area contributed by atoms with Gasteiger partial charge >= 0.3 is 6.18 Å². The zero-order valence-electron chi connectivity index (χ0n) is 15.5. The van der Waals surface area contributed by atoms with Crippen molar-refractivity contribution < 1.29 is 18.3 Å². The number of anilines is 2. The molecule has 3 aromatic rings. The summed E-state index contributed by atoms with van der Waals surface area (Å²) in [7, 11) is 0. The lowest BCUT2D eigenvalue weighted by Crippen LogP contribution is -2.20. The Morgan fingerprint density at radius 3 is 2.48 bits per heavy atom. The van der Waals surface area contributed by atoms with Gasteiger partial charge in [-0.15, -0.1) is 0 Å². The van der Waals surface area contributed by atoms with Gasteiger partial charge in [-0.2, -0.15) is 18.3 Å². The van der Waals surface area contributed by atoms with E-state index in [4.69, 9.17) is 0 Å². The molecule has 6 nitrogen and oxygen atoms in total. The highest BCUT2D eigenvalue weighted by Crippen LogP contribution is 2.34. The number of H-pyrrole nitrogens is 1. The van der Waals surface area contributed by atoms with E-state index in [1.807, 2.05) is 10.7 Å². The third-order valence-electron chi connectivity index (χ3n) is 5.35. The molecule has 4 rings (SSSR count). The molecule has 0 saturated heterocycles. The fourth-order valence-electron chi connectivity index (χ4n) is 3.87. The Balaban J connectivity index is 1.67. The SMILES string of the molecule is O=c1[nH]ccc2c1c(Nc1ccc([C@@H](O)C(F)(F)F)cc1)nn2C1CCCCC1. The van der Waals surface area contributed by atoms with Crippen LogP contribution < -0.4 is 10.9 Å². The minimum absolute atomic E-state index is 0.216. The summed E-state index contributed by atoms with van der Waals surface area (Å²) in [4.78, 5) is 15.1. The number of rotatable bonds is 4. The molecule has 154 valence electrons. The van der Waals surface area contributed by atoms with Crippen LogP contribution in [0, 0.1) is 0 Å².